The van der Waals surface area contributed by atoms with E-state index in [4.69, 9.17) is 23.0 Å². The number of anilines is 1. The maximum absolute atomic E-state index is 14.2. The van der Waals surface area contributed by atoms with Gasteiger partial charge in [-0.25, -0.2) is 14.2 Å². The fourth-order valence-corrected chi connectivity index (χ4v) is 6.29. The first-order valence-electron chi connectivity index (χ1n) is 15.4. The first-order chi connectivity index (χ1) is 23.9. The molecule has 0 radical (unpaired) electrons. The third-order valence-corrected chi connectivity index (χ3v) is 8.86. The van der Waals surface area contributed by atoms with Crippen LogP contribution >= 0.6 is 7.82 Å². The highest BCUT2D eigenvalue weighted by Gasteiger charge is 2.47. The van der Waals surface area contributed by atoms with Crippen LogP contribution in [-0.4, -0.2) is 40.2 Å². The molecule has 250 valence electrons. The Balaban J connectivity index is 1.26. The van der Waals surface area contributed by atoms with Crippen LogP contribution in [-0.2, 0) is 40.8 Å². The van der Waals surface area contributed by atoms with Crippen molar-refractivity contribution in [2.45, 2.75) is 31.6 Å². The molecule has 13 heteroatoms. The Bertz CT molecular complexity index is 1910. The molecule has 5 aromatic rings. The van der Waals surface area contributed by atoms with Crippen molar-refractivity contribution in [1.29, 1.82) is 0 Å². The monoisotopic (exact) mass is 681 g/mol. The average molecular weight is 682 g/mol. The van der Waals surface area contributed by atoms with Gasteiger partial charge in [-0.2, -0.15) is 4.98 Å². The number of amides is 1. The summed E-state index contributed by atoms with van der Waals surface area (Å²) in [5.74, 6) is -1.17. The molecule has 1 aliphatic heterocycles. The van der Waals surface area contributed by atoms with Crippen molar-refractivity contribution in [3.8, 4) is 0 Å². The SMILES string of the molecule is O=C(Nc1ccn([C@@H]2OC[C@H](OP(=O)(OCc3ccccc3)OCc3ccccc3)[C@H]2OC(=O)c2ccccc2)c(=O)n1)c1ccccc1. The van der Waals surface area contributed by atoms with E-state index in [2.05, 4.69) is 10.3 Å². The largest absolute Gasteiger partial charge is 0.475 e. The van der Waals surface area contributed by atoms with Crippen molar-refractivity contribution in [2.75, 3.05) is 11.9 Å². The molecule has 1 N–H and O–H groups in total. The summed E-state index contributed by atoms with van der Waals surface area (Å²) in [5.41, 5.74) is 1.26. The van der Waals surface area contributed by atoms with Crippen LogP contribution in [0.3, 0.4) is 0 Å². The van der Waals surface area contributed by atoms with E-state index in [-0.39, 0.29) is 31.2 Å². The molecule has 0 spiro atoms. The van der Waals surface area contributed by atoms with E-state index >= 15 is 0 Å². The zero-order valence-corrected chi connectivity index (χ0v) is 27.0. The summed E-state index contributed by atoms with van der Waals surface area (Å²) in [6.45, 7) is -0.445. The van der Waals surface area contributed by atoms with Gasteiger partial charge in [0.05, 0.1) is 25.4 Å². The van der Waals surface area contributed by atoms with Crippen LogP contribution in [0, 0.1) is 0 Å². The van der Waals surface area contributed by atoms with Crippen molar-refractivity contribution in [1.82, 2.24) is 9.55 Å². The number of benzene rings is 4. The standard InChI is InChI=1S/C36H32N3O9P/c40-33(28-17-9-3-10-18-28)37-31-21-22-39(36(42)38-31)34-32(47-35(41)29-19-11-4-12-20-29)30(25-44-34)48-49(43,45-23-26-13-5-1-6-14-26)46-24-27-15-7-2-8-16-27/h1-22,30,32,34H,23-25H2,(H,37,38,40,42)/t30-,32+,34+/m0/s1. The average Bonchev–Trinajstić information content (AvgIpc) is 3.52. The lowest BCUT2D eigenvalue weighted by Gasteiger charge is -2.27. The number of hydrogen-bond acceptors (Lipinski definition) is 10. The molecule has 1 saturated heterocycles. The maximum Gasteiger partial charge on any atom is 0.475 e. The van der Waals surface area contributed by atoms with Gasteiger partial charge in [0.25, 0.3) is 5.91 Å². The highest BCUT2D eigenvalue weighted by Crippen LogP contribution is 2.54. The van der Waals surface area contributed by atoms with Crippen LogP contribution in [0.25, 0.3) is 0 Å². The number of ether oxygens (including phenoxy) is 2. The smallest absolute Gasteiger partial charge is 0.451 e. The molecular weight excluding hydrogens is 649 g/mol. The first kappa shape index (κ1) is 33.7. The number of esters is 1. The first-order valence-corrected chi connectivity index (χ1v) is 16.8. The molecule has 0 bridgehead atoms. The van der Waals surface area contributed by atoms with Crippen LogP contribution < -0.4 is 11.0 Å². The van der Waals surface area contributed by atoms with Crippen molar-refractivity contribution < 1.29 is 37.2 Å². The minimum absolute atomic E-state index is 0.00635. The van der Waals surface area contributed by atoms with E-state index < -0.39 is 43.8 Å². The number of rotatable bonds is 13. The number of carbonyl (C=O) groups excluding carboxylic acids is 2. The second kappa shape index (κ2) is 15.8. The van der Waals surface area contributed by atoms with E-state index in [0.717, 1.165) is 15.7 Å². The van der Waals surface area contributed by atoms with E-state index in [9.17, 15) is 18.9 Å². The summed E-state index contributed by atoms with van der Waals surface area (Å²) >= 11 is 0. The van der Waals surface area contributed by atoms with Gasteiger partial charge in [-0.15, -0.1) is 0 Å². The van der Waals surface area contributed by atoms with Gasteiger partial charge in [0, 0.05) is 11.8 Å². The van der Waals surface area contributed by atoms with Crippen LogP contribution in [0.1, 0.15) is 38.1 Å². The summed E-state index contributed by atoms with van der Waals surface area (Å²) < 4.78 is 44.7. The Morgan fingerprint density at radius 2 is 1.31 bits per heavy atom. The molecule has 4 aromatic carbocycles. The van der Waals surface area contributed by atoms with Crippen molar-refractivity contribution >= 4 is 25.5 Å². The molecule has 1 aliphatic rings. The van der Waals surface area contributed by atoms with Crippen LogP contribution in [0.4, 0.5) is 5.82 Å². The summed E-state index contributed by atoms with van der Waals surface area (Å²) in [7, 11) is -4.36. The van der Waals surface area contributed by atoms with Gasteiger partial charge in [0.15, 0.2) is 12.3 Å². The zero-order chi connectivity index (χ0) is 34.1. The van der Waals surface area contributed by atoms with E-state index in [1.807, 2.05) is 36.4 Å². The Morgan fingerprint density at radius 3 is 1.86 bits per heavy atom. The summed E-state index contributed by atoms with van der Waals surface area (Å²) in [4.78, 5) is 43.2. The maximum atomic E-state index is 14.2. The van der Waals surface area contributed by atoms with Gasteiger partial charge in [-0.05, 0) is 41.5 Å². The molecule has 49 heavy (non-hydrogen) atoms. The predicted octanol–water partition coefficient (Wildman–Crippen LogP) is 6.18. The quantitative estimate of drug-likeness (QED) is 0.113. The third-order valence-electron chi connectivity index (χ3n) is 7.44. The van der Waals surface area contributed by atoms with Gasteiger partial charge < -0.3 is 14.8 Å². The minimum Gasteiger partial charge on any atom is -0.451 e. The normalized spacial score (nSPS) is 17.3. The summed E-state index contributed by atoms with van der Waals surface area (Å²) in [5, 5.41) is 2.59. The zero-order valence-electron chi connectivity index (χ0n) is 26.1. The molecule has 6 rings (SSSR count). The van der Waals surface area contributed by atoms with Crippen LogP contribution in [0.15, 0.2) is 138 Å². The Labute approximate surface area is 281 Å². The molecule has 0 unspecified atom stereocenters. The van der Waals surface area contributed by atoms with Crippen molar-refractivity contribution in [3.05, 3.63) is 166 Å². The van der Waals surface area contributed by atoms with E-state index in [1.165, 1.54) is 12.3 Å². The number of aromatic nitrogens is 2. The van der Waals surface area contributed by atoms with E-state index in [1.54, 1.807) is 84.9 Å². The topological polar surface area (TPSA) is 144 Å². The molecule has 1 amide bonds. The van der Waals surface area contributed by atoms with Gasteiger partial charge in [0.1, 0.15) is 11.9 Å². The molecule has 2 heterocycles. The third kappa shape index (κ3) is 8.82. The highest BCUT2D eigenvalue weighted by molar-refractivity contribution is 7.48. The van der Waals surface area contributed by atoms with Gasteiger partial charge >= 0.3 is 19.5 Å². The second-order valence-electron chi connectivity index (χ2n) is 10.9. The Morgan fingerprint density at radius 1 is 0.776 bits per heavy atom. The number of carbonyl (C=O) groups is 2. The number of nitrogens with zero attached hydrogens (tertiary/aromatic N) is 2. The van der Waals surface area contributed by atoms with Gasteiger partial charge in [-0.1, -0.05) is 97.1 Å². The fraction of sp³-hybridized carbons (Fsp3) is 0.167. The highest BCUT2D eigenvalue weighted by atomic mass is 31.2. The number of hydrogen-bond donors (Lipinski definition) is 1. The van der Waals surface area contributed by atoms with Crippen LogP contribution in [0.5, 0.6) is 0 Å². The number of phosphoric ester groups is 1. The molecule has 12 nitrogen and oxygen atoms in total. The minimum atomic E-state index is -4.36. The molecular formula is C36H32N3O9P. The molecule has 0 aliphatic carbocycles. The Kier molecular flexibility index (Phi) is 10.8. The summed E-state index contributed by atoms with van der Waals surface area (Å²) in [6, 6.07) is 36.2. The number of nitrogens with one attached hydrogen (secondary N) is 1. The summed E-state index contributed by atoms with van der Waals surface area (Å²) in [6.07, 6.45) is -2.39. The predicted molar refractivity (Wildman–Crippen MR) is 178 cm³/mol. The lowest BCUT2D eigenvalue weighted by Crippen LogP contribution is -2.39. The lowest BCUT2D eigenvalue weighted by atomic mass is 10.2. The molecule has 1 fully saturated rings. The van der Waals surface area contributed by atoms with E-state index in [0.29, 0.717) is 5.56 Å². The lowest BCUT2D eigenvalue weighted by molar-refractivity contribution is -0.0454. The van der Waals surface area contributed by atoms with Crippen molar-refractivity contribution in [3.63, 3.8) is 0 Å². The Hall–Kier alpha value is -5.23. The molecule has 0 saturated carbocycles. The second-order valence-corrected chi connectivity index (χ2v) is 12.5. The van der Waals surface area contributed by atoms with Gasteiger partial charge in [-0.3, -0.25) is 22.9 Å². The fourth-order valence-electron chi connectivity index (χ4n) is 4.97. The number of phosphoric acid groups is 1. The molecule has 1 aromatic heterocycles. The molecule has 3 atom stereocenters. The van der Waals surface area contributed by atoms with Crippen molar-refractivity contribution in [2.24, 2.45) is 0 Å². The van der Waals surface area contributed by atoms with Crippen LogP contribution in [0.2, 0.25) is 0 Å². The van der Waals surface area contributed by atoms with Gasteiger partial charge in [0.2, 0.25) is 0 Å².